The van der Waals surface area contributed by atoms with Crippen molar-refractivity contribution < 1.29 is 20.1 Å². The van der Waals surface area contributed by atoms with Gasteiger partial charge in [0.05, 0.1) is 12.7 Å². The zero-order chi connectivity index (χ0) is 12.7. The maximum atomic E-state index is 9.80. The molecule has 0 amide bonds. The molecule has 0 aromatic heterocycles. The van der Waals surface area contributed by atoms with Gasteiger partial charge in [0, 0.05) is 5.88 Å². The fraction of sp³-hybridized carbons (Fsp3) is 0.500. The van der Waals surface area contributed by atoms with Crippen molar-refractivity contribution in [3.63, 3.8) is 0 Å². The molecular weight excluding hydrogens is 244 g/mol. The van der Waals surface area contributed by atoms with E-state index in [0.717, 1.165) is 0 Å². The normalized spacial score (nSPS) is 14.4. The Morgan fingerprint density at radius 3 is 2.35 bits per heavy atom. The number of ether oxygens (including phenoxy) is 1. The van der Waals surface area contributed by atoms with E-state index in [0.29, 0.717) is 23.6 Å². The summed E-state index contributed by atoms with van der Waals surface area (Å²) < 4.78 is 5.18. The fourth-order valence-corrected chi connectivity index (χ4v) is 1.64. The second-order valence-corrected chi connectivity index (χ2v) is 4.01. The Kier molecular flexibility index (Phi) is 6.29. The molecule has 0 fully saturated rings. The molecule has 0 saturated carbocycles. The summed E-state index contributed by atoms with van der Waals surface area (Å²) in [7, 11) is 0. The maximum Gasteiger partial charge on any atom is 0.119 e. The van der Waals surface area contributed by atoms with Crippen LogP contribution in [0.15, 0.2) is 24.3 Å². The van der Waals surface area contributed by atoms with Crippen LogP contribution in [-0.2, 0) is 0 Å². The molecule has 17 heavy (non-hydrogen) atoms. The lowest BCUT2D eigenvalue weighted by atomic mass is 10.0. The van der Waals surface area contributed by atoms with E-state index in [-0.39, 0.29) is 13.2 Å². The highest BCUT2D eigenvalue weighted by atomic mass is 35.5. The van der Waals surface area contributed by atoms with Crippen LogP contribution >= 0.6 is 11.6 Å². The van der Waals surface area contributed by atoms with Gasteiger partial charge in [0.25, 0.3) is 0 Å². The van der Waals surface area contributed by atoms with Gasteiger partial charge < -0.3 is 20.1 Å². The van der Waals surface area contributed by atoms with Crippen LogP contribution in [0.5, 0.6) is 5.75 Å². The van der Waals surface area contributed by atoms with Gasteiger partial charge in [-0.15, -0.1) is 11.6 Å². The number of alkyl halides is 1. The van der Waals surface area contributed by atoms with E-state index < -0.39 is 12.2 Å². The standard InChI is InChI=1S/C12H17ClO4/c13-6-5-11(15)12(16)9-1-3-10(4-2-9)17-8-7-14/h1-4,11-12,14-16H,5-8H2. The third-order valence-corrected chi connectivity index (χ3v) is 2.57. The molecule has 0 spiro atoms. The van der Waals surface area contributed by atoms with E-state index in [4.69, 9.17) is 21.4 Å². The Morgan fingerprint density at radius 1 is 1.18 bits per heavy atom. The fourth-order valence-electron chi connectivity index (χ4n) is 1.42. The molecular formula is C12H17ClO4. The highest BCUT2D eigenvalue weighted by Crippen LogP contribution is 2.22. The van der Waals surface area contributed by atoms with Gasteiger partial charge in [0.1, 0.15) is 18.5 Å². The van der Waals surface area contributed by atoms with Crippen molar-refractivity contribution in [1.29, 1.82) is 0 Å². The molecule has 0 radical (unpaired) electrons. The predicted octanol–water partition coefficient (Wildman–Crippen LogP) is 1.08. The van der Waals surface area contributed by atoms with Gasteiger partial charge >= 0.3 is 0 Å². The Bertz CT molecular complexity index is 315. The third-order valence-electron chi connectivity index (χ3n) is 2.35. The summed E-state index contributed by atoms with van der Waals surface area (Å²) in [5, 5.41) is 28.0. The average Bonchev–Trinajstić information content (AvgIpc) is 2.36. The molecule has 1 aromatic carbocycles. The molecule has 2 unspecified atom stereocenters. The number of benzene rings is 1. The lowest BCUT2D eigenvalue weighted by Crippen LogP contribution is -2.18. The monoisotopic (exact) mass is 260 g/mol. The molecule has 4 nitrogen and oxygen atoms in total. The Hall–Kier alpha value is -0.810. The van der Waals surface area contributed by atoms with E-state index in [9.17, 15) is 10.2 Å². The van der Waals surface area contributed by atoms with Crippen LogP contribution in [0.25, 0.3) is 0 Å². The minimum absolute atomic E-state index is 0.0428. The van der Waals surface area contributed by atoms with Gasteiger partial charge in [0.15, 0.2) is 0 Å². The Morgan fingerprint density at radius 2 is 1.82 bits per heavy atom. The summed E-state index contributed by atoms with van der Waals surface area (Å²) in [6.45, 7) is 0.190. The largest absolute Gasteiger partial charge is 0.491 e. The molecule has 1 aromatic rings. The average molecular weight is 261 g/mol. The van der Waals surface area contributed by atoms with Crippen molar-refractivity contribution in [1.82, 2.24) is 0 Å². The molecule has 0 saturated heterocycles. The quantitative estimate of drug-likeness (QED) is 0.642. The second-order valence-electron chi connectivity index (χ2n) is 3.63. The molecule has 0 heterocycles. The van der Waals surface area contributed by atoms with E-state index in [1.807, 2.05) is 0 Å². The predicted molar refractivity (Wildman–Crippen MR) is 65.3 cm³/mol. The minimum Gasteiger partial charge on any atom is -0.491 e. The minimum atomic E-state index is -0.944. The molecule has 0 bridgehead atoms. The van der Waals surface area contributed by atoms with Crippen LogP contribution in [0, 0.1) is 0 Å². The first-order chi connectivity index (χ1) is 8.19. The van der Waals surface area contributed by atoms with E-state index in [1.165, 1.54) is 0 Å². The Balaban J connectivity index is 2.60. The van der Waals surface area contributed by atoms with Crippen molar-refractivity contribution in [2.24, 2.45) is 0 Å². The van der Waals surface area contributed by atoms with E-state index in [1.54, 1.807) is 24.3 Å². The summed E-state index contributed by atoms with van der Waals surface area (Å²) in [5.74, 6) is 0.914. The Labute approximate surface area is 105 Å². The summed E-state index contributed by atoms with van der Waals surface area (Å²) in [5.41, 5.74) is 0.610. The van der Waals surface area contributed by atoms with Crippen molar-refractivity contribution in [2.75, 3.05) is 19.1 Å². The van der Waals surface area contributed by atoms with Crippen LogP contribution in [0.4, 0.5) is 0 Å². The van der Waals surface area contributed by atoms with Crippen LogP contribution in [-0.4, -0.2) is 40.5 Å². The van der Waals surface area contributed by atoms with Gasteiger partial charge in [-0.1, -0.05) is 12.1 Å². The first-order valence-corrected chi connectivity index (χ1v) is 5.98. The smallest absolute Gasteiger partial charge is 0.119 e. The molecule has 1 rings (SSSR count). The van der Waals surface area contributed by atoms with Crippen molar-refractivity contribution >= 4 is 11.6 Å². The van der Waals surface area contributed by atoms with Gasteiger partial charge in [-0.25, -0.2) is 0 Å². The van der Waals surface area contributed by atoms with E-state index in [2.05, 4.69) is 0 Å². The number of rotatable bonds is 7. The summed E-state index contributed by atoms with van der Waals surface area (Å²) in [6.07, 6.45) is -1.47. The first kappa shape index (κ1) is 14.3. The zero-order valence-electron chi connectivity index (χ0n) is 9.42. The van der Waals surface area contributed by atoms with Gasteiger partial charge in [-0.05, 0) is 24.1 Å². The van der Waals surface area contributed by atoms with Gasteiger partial charge in [0.2, 0.25) is 0 Å². The number of aliphatic hydroxyl groups is 3. The maximum absolute atomic E-state index is 9.80. The molecule has 96 valence electrons. The highest BCUT2D eigenvalue weighted by Gasteiger charge is 2.17. The molecule has 3 N–H and O–H groups in total. The zero-order valence-corrected chi connectivity index (χ0v) is 10.2. The van der Waals surface area contributed by atoms with Crippen LogP contribution in [0.3, 0.4) is 0 Å². The SMILES string of the molecule is OCCOc1ccc(C(O)C(O)CCCl)cc1. The summed E-state index contributed by atoms with van der Waals surface area (Å²) in [4.78, 5) is 0. The topological polar surface area (TPSA) is 69.9 Å². The van der Waals surface area contributed by atoms with Crippen LogP contribution in [0.2, 0.25) is 0 Å². The van der Waals surface area contributed by atoms with Crippen LogP contribution in [0.1, 0.15) is 18.1 Å². The lowest BCUT2D eigenvalue weighted by Gasteiger charge is -2.17. The molecule has 5 heteroatoms. The first-order valence-electron chi connectivity index (χ1n) is 5.44. The number of aliphatic hydroxyl groups excluding tert-OH is 3. The molecule has 2 atom stereocenters. The number of hydrogen-bond donors (Lipinski definition) is 3. The van der Waals surface area contributed by atoms with Crippen molar-refractivity contribution in [3.8, 4) is 5.75 Å². The molecule has 0 aliphatic heterocycles. The van der Waals surface area contributed by atoms with Gasteiger partial charge in [-0.2, -0.15) is 0 Å². The van der Waals surface area contributed by atoms with Crippen molar-refractivity contribution in [2.45, 2.75) is 18.6 Å². The highest BCUT2D eigenvalue weighted by molar-refractivity contribution is 6.17. The molecule has 0 aliphatic rings. The lowest BCUT2D eigenvalue weighted by molar-refractivity contribution is 0.0169. The number of hydrogen-bond acceptors (Lipinski definition) is 4. The number of halogens is 1. The van der Waals surface area contributed by atoms with Gasteiger partial charge in [-0.3, -0.25) is 0 Å². The van der Waals surface area contributed by atoms with E-state index >= 15 is 0 Å². The second kappa shape index (κ2) is 7.50. The third kappa shape index (κ3) is 4.52. The summed E-state index contributed by atoms with van der Waals surface area (Å²) >= 11 is 5.50. The summed E-state index contributed by atoms with van der Waals surface area (Å²) in [6, 6.07) is 6.72. The van der Waals surface area contributed by atoms with Crippen LogP contribution < -0.4 is 4.74 Å². The van der Waals surface area contributed by atoms with Crippen molar-refractivity contribution in [3.05, 3.63) is 29.8 Å². The molecule has 0 aliphatic carbocycles.